The fourth-order valence-corrected chi connectivity index (χ4v) is 7.37. The second kappa shape index (κ2) is 10.5. The summed E-state index contributed by atoms with van der Waals surface area (Å²) in [5.41, 5.74) is 5.58. The van der Waals surface area contributed by atoms with E-state index in [2.05, 4.69) is 18.2 Å². The number of anilines is 2. The van der Waals surface area contributed by atoms with Crippen LogP contribution < -0.4 is 10.5 Å². The van der Waals surface area contributed by atoms with Gasteiger partial charge in [0.2, 0.25) is 5.91 Å². The van der Waals surface area contributed by atoms with Crippen molar-refractivity contribution in [2.75, 3.05) is 4.90 Å². The van der Waals surface area contributed by atoms with E-state index in [4.69, 9.17) is 4.98 Å². The Balaban J connectivity index is 1.42. The molecule has 1 amide bonds. The number of carbonyl (C=O) groups is 1. The Kier molecular flexibility index (Phi) is 6.90. The molecule has 1 atom stereocenters. The molecule has 2 aliphatic rings. The molecule has 1 spiro atoms. The second-order valence-corrected chi connectivity index (χ2v) is 11.9. The molecule has 6 heteroatoms. The lowest BCUT2D eigenvalue weighted by Crippen LogP contribution is -2.40. The minimum Gasteiger partial charge on any atom is -0.288 e. The van der Waals surface area contributed by atoms with Crippen molar-refractivity contribution in [2.24, 2.45) is 0 Å². The molecular formula is C33H33N3O2S. The topological polar surface area (TPSA) is 55.2 Å². The maximum atomic E-state index is 14.2. The summed E-state index contributed by atoms with van der Waals surface area (Å²) in [6.45, 7) is 4.41. The number of hydrogen-bond acceptors (Lipinski definition) is 4. The zero-order valence-electron chi connectivity index (χ0n) is 22.5. The number of aromatic nitrogens is 2. The van der Waals surface area contributed by atoms with Crippen molar-refractivity contribution in [1.29, 1.82) is 0 Å². The van der Waals surface area contributed by atoms with Crippen LogP contribution in [0.25, 0.3) is 11.3 Å². The van der Waals surface area contributed by atoms with Gasteiger partial charge in [0.05, 0.1) is 16.5 Å². The molecule has 1 heterocycles. The number of benzene rings is 3. The van der Waals surface area contributed by atoms with Gasteiger partial charge in [0, 0.05) is 28.9 Å². The highest BCUT2D eigenvalue weighted by molar-refractivity contribution is 8.00. The number of rotatable bonds is 6. The lowest BCUT2D eigenvalue weighted by Gasteiger charge is -2.36. The number of carbonyl (C=O) groups excluding carboxylic acids is 1. The Morgan fingerprint density at radius 2 is 1.54 bits per heavy atom. The average molecular weight is 536 g/mol. The van der Waals surface area contributed by atoms with Crippen LogP contribution in [-0.2, 0) is 23.2 Å². The minimum absolute atomic E-state index is 0.0558. The number of amides is 1. The molecule has 1 saturated carbocycles. The van der Waals surface area contributed by atoms with Crippen LogP contribution in [0, 0.1) is 0 Å². The van der Waals surface area contributed by atoms with E-state index in [0.717, 1.165) is 60.3 Å². The molecule has 0 N–H and O–H groups in total. The SMILES string of the molecule is CCn1c(S[C@H](C)C(=O)N(c2ccccc2)c2ccccc2)nc2c(c1=O)C1(CCCC1)Cc1ccccc1-2. The molecule has 0 saturated heterocycles. The van der Waals surface area contributed by atoms with Crippen LogP contribution in [0.3, 0.4) is 0 Å². The Labute approximate surface area is 233 Å². The van der Waals surface area contributed by atoms with Crippen LogP contribution >= 0.6 is 11.8 Å². The van der Waals surface area contributed by atoms with Gasteiger partial charge in [-0.2, -0.15) is 0 Å². The maximum absolute atomic E-state index is 14.2. The number of hydrogen-bond donors (Lipinski definition) is 0. The molecule has 6 rings (SSSR count). The zero-order chi connectivity index (χ0) is 27.0. The molecule has 5 nitrogen and oxygen atoms in total. The van der Waals surface area contributed by atoms with Crippen molar-refractivity contribution in [2.45, 2.75) is 68.3 Å². The highest BCUT2D eigenvalue weighted by Gasteiger charge is 2.44. The van der Waals surface area contributed by atoms with Crippen molar-refractivity contribution in [3.05, 3.63) is 106 Å². The normalized spacial score (nSPS) is 15.9. The first-order valence-corrected chi connectivity index (χ1v) is 14.7. The lowest BCUT2D eigenvalue weighted by atomic mass is 9.68. The van der Waals surface area contributed by atoms with E-state index < -0.39 is 5.25 Å². The maximum Gasteiger partial charge on any atom is 0.258 e. The van der Waals surface area contributed by atoms with E-state index in [-0.39, 0.29) is 16.9 Å². The molecule has 0 bridgehead atoms. The van der Waals surface area contributed by atoms with E-state index in [1.165, 1.54) is 17.3 Å². The Hall–Kier alpha value is -3.64. The summed E-state index contributed by atoms with van der Waals surface area (Å²) in [5, 5.41) is 0.139. The standard InChI is InChI=1S/C33H33N3O2S/c1-3-35-31(38)28-29(27-19-11-10-14-24(27)22-33(28)20-12-13-21-33)34-32(35)39-23(2)30(37)36(25-15-6-4-7-16-25)26-17-8-5-9-18-26/h4-11,14-19,23H,3,12-13,20-22H2,1-2H3/t23-/m1/s1. The molecule has 0 unspecified atom stereocenters. The van der Waals surface area contributed by atoms with E-state index in [1.54, 1.807) is 9.47 Å². The van der Waals surface area contributed by atoms with Crippen molar-refractivity contribution >= 4 is 29.0 Å². The molecule has 4 aromatic rings. The van der Waals surface area contributed by atoms with Gasteiger partial charge in [0.15, 0.2) is 5.16 Å². The van der Waals surface area contributed by atoms with Gasteiger partial charge in [-0.3, -0.25) is 19.1 Å². The molecule has 1 aromatic heterocycles. The quantitative estimate of drug-likeness (QED) is 0.194. The summed E-state index contributed by atoms with van der Waals surface area (Å²) in [7, 11) is 0. The molecule has 1 fully saturated rings. The molecule has 198 valence electrons. The number of fused-ring (bicyclic) bond motifs is 4. The first-order valence-electron chi connectivity index (χ1n) is 13.9. The Bertz CT molecular complexity index is 1520. The highest BCUT2D eigenvalue weighted by atomic mass is 32.2. The van der Waals surface area contributed by atoms with Crippen molar-refractivity contribution in [1.82, 2.24) is 9.55 Å². The highest BCUT2D eigenvalue weighted by Crippen LogP contribution is 2.50. The van der Waals surface area contributed by atoms with Crippen LogP contribution in [0.15, 0.2) is 94.9 Å². The zero-order valence-corrected chi connectivity index (χ0v) is 23.3. The largest absolute Gasteiger partial charge is 0.288 e. The third kappa shape index (κ3) is 4.51. The van der Waals surface area contributed by atoms with E-state index in [9.17, 15) is 9.59 Å². The smallest absolute Gasteiger partial charge is 0.258 e. The Morgan fingerprint density at radius 1 is 0.949 bits per heavy atom. The molecule has 0 aliphatic heterocycles. The first-order chi connectivity index (χ1) is 19.0. The number of nitrogens with zero attached hydrogens (tertiary/aromatic N) is 3. The minimum atomic E-state index is -0.465. The van der Waals surface area contributed by atoms with Crippen molar-refractivity contribution in [3.8, 4) is 11.3 Å². The van der Waals surface area contributed by atoms with Gasteiger partial charge in [-0.15, -0.1) is 0 Å². The molecular weight excluding hydrogens is 502 g/mol. The fourth-order valence-electron chi connectivity index (χ4n) is 6.36. The number of thioether (sulfide) groups is 1. The average Bonchev–Trinajstić information content (AvgIpc) is 3.42. The number of para-hydroxylation sites is 2. The third-order valence-corrected chi connectivity index (χ3v) is 9.30. The third-order valence-electron chi connectivity index (χ3n) is 8.22. The van der Waals surface area contributed by atoms with Gasteiger partial charge in [0.1, 0.15) is 0 Å². The summed E-state index contributed by atoms with van der Waals surface area (Å²) in [6, 6.07) is 27.8. The van der Waals surface area contributed by atoms with Crippen molar-refractivity contribution in [3.63, 3.8) is 0 Å². The summed E-state index contributed by atoms with van der Waals surface area (Å²) < 4.78 is 1.79. The van der Waals surface area contributed by atoms with Gasteiger partial charge >= 0.3 is 0 Å². The van der Waals surface area contributed by atoms with Gasteiger partial charge < -0.3 is 0 Å². The fraction of sp³-hybridized carbons (Fsp3) is 0.303. The lowest BCUT2D eigenvalue weighted by molar-refractivity contribution is -0.117. The monoisotopic (exact) mass is 535 g/mol. The van der Waals surface area contributed by atoms with E-state index >= 15 is 0 Å². The molecule has 2 aliphatic carbocycles. The molecule has 3 aromatic carbocycles. The van der Waals surface area contributed by atoms with Gasteiger partial charge in [-0.05, 0) is 62.9 Å². The molecule has 0 radical (unpaired) electrons. The molecule has 39 heavy (non-hydrogen) atoms. The van der Waals surface area contributed by atoms with E-state index in [0.29, 0.717) is 11.7 Å². The predicted octanol–water partition coefficient (Wildman–Crippen LogP) is 7.14. The predicted molar refractivity (Wildman–Crippen MR) is 159 cm³/mol. The second-order valence-electron chi connectivity index (χ2n) is 10.6. The summed E-state index contributed by atoms with van der Waals surface area (Å²) in [6.07, 6.45) is 5.24. The van der Waals surface area contributed by atoms with Crippen molar-refractivity contribution < 1.29 is 4.79 Å². The summed E-state index contributed by atoms with van der Waals surface area (Å²) in [4.78, 5) is 35.1. The van der Waals surface area contributed by atoms with Gasteiger partial charge in [-0.25, -0.2) is 4.98 Å². The van der Waals surface area contributed by atoms with E-state index in [1.807, 2.05) is 80.6 Å². The van der Waals surface area contributed by atoms with Gasteiger partial charge in [-0.1, -0.05) is 85.3 Å². The summed E-state index contributed by atoms with van der Waals surface area (Å²) >= 11 is 1.37. The van der Waals surface area contributed by atoms with Gasteiger partial charge in [0.25, 0.3) is 5.56 Å². The van der Waals surface area contributed by atoms with Crippen LogP contribution in [0.2, 0.25) is 0 Å². The first kappa shape index (κ1) is 25.6. The summed E-state index contributed by atoms with van der Waals surface area (Å²) in [5.74, 6) is -0.0558. The van der Waals surface area contributed by atoms with Crippen LogP contribution in [0.1, 0.15) is 50.7 Å². The Morgan fingerprint density at radius 3 is 2.15 bits per heavy atom. The van der Waals surface area contributed by atoms with Crippen LogP contribution in [-0.4, -0.2) is 20.7 Å². The van der Waals surface area contributed by atoms with Crippen LogP contribution in [0.5, 0.6) is 0 Å². The van der Waals surface area contributed by atoms with Crippen LogP contribution in [0.4, 0.5) is 11.4 Å².